The van der Waals surface area contributed by atoms with E-state index in [1.54, 1.807) is 6.07 Å². The molecule has 0 radical (unpaired) electrons. The van der Waals surface area contributed by atoms with Crippen molar-refractivity contribution in [3.05, 3.63) is 46.8 Å². The highest BCUT2D eigenvalue weighted by molar-refractivity contribution is 7.14. The first-order valence-corrected chi connectivity index (χ1v) is 6.38. The molecule has 0 aliphatic heterocycles. The SMILES string of the molecule is Clc1ccsc1-c1nc(Oc2ccccc2)no1. The van der Waals surface area contributed by atoms with Crippen LogP contribution in [0, 0.1) is 0 Å². The van der Waals surface area contributed by atoms with Crippen molar-refractivity contribution in [1.29, 1.82) is 0 Å². The summed E-state index contributed by atoms with van der Waals surface area (Å²) < 4.78 is 10.5. The lowest BCUT2D eigenvalue weighted by molar-refractivity contribution is 0.372. The molecule has 18 heavy (non-hydrogen) atoms. The fraction of sp³-hybridized carbons (Fsp3) is 0. The highest BCUT2D eigenvalue weighted by atomic mass is 35.5. The van der Waals surface area contributed by atoms with Gasteiger partial charge in [0.25, 0.3) is 5.89 Å². The minimum Gasteiger partial charge on any atom is -0.422 e. The van der Waals surface area contributed by atoms with Crippen molar-refractivity contribution in [2.24, 2.45) is 0 Å². The predicted molar refractivity (Wildman–Crippen MR) is 69.1 cm³/mol. The molecule has 4 nitrogen and oxygen atoms in total. The molecule has 0 saturated carbocycles. The van der Waals surface area contributed by atoms with E-state index in [0.29, 0.717) is 16.7 Å². The lowest BCUT2D eigenvalue weighted by Gasteiger charge is -1.97. The second-order valence-corrected chi connectivity index (χ2v) is 4.72. The topological polar surface area (TPSA) is 48.2 Å². The number of benzene rings is 1. The van der Waals surface area contributed by atoms with Crippen LogP contribution in [0.1, 0.15) is 0 Å². The lowest BCUT2D eigenvalue weighted by atomic mass is 10.3. The Bertz CT molecular complexity index is 651. The van der Waals surface area contributed by atoms with Crippen molar-refractivity contribution in [3.63, 3.8) is 0 Å². The number of para-hydroxylation sites is 1. The zero-order valence-corrected chi connectivity index (χ0v) is 10.6. The Hall–Kier alpha value is -1.85. The largest absolute Gasteiger partial charge is 0.422 e. The van der Waals surface area contributed by atoms with E-state index in [1.807, 2.05) is 35.7 Å². The Morgan fingerprint density at radius 3 is 2.72 bits per heavy atom. The van der Waals surface area contributed by atoms with E-state index in [-0.39, 0.29) is 6.01 Å². The van der Waals surface area contributed by atoms with E-state index in [0.717, 1.165) is 4.88 Å². The van der Waals surface area contributed by atoms with E-state index in [9.17, 15) is 0 Å². The number of halogens is 1. The minimum atomic E-state index is 0.167. The monoisotopic (exact) mass is 278 g/mol. The molecule has 2 heterocycles. The van der Waals surface area contributed by atoms with Crippen LogP contribution in [0.5, 0.6) is 11.8 Å². The smallest absolute Gasteiger partial charge is 0.360 e. The zero-order valence-electron chi connectivity index (χ0n) is 9.04. The number of aromatic nitrogens is 2. The highest BCUT2D eigenvalue weighted by Gasteiger charge is 2.14. The molecule has 0 atom stereocenters. The van der Waals surface area contributed by atoms with Crippen molar-refractivity contribution in [2.45, 2.75) is 0 Å². The van der Waals surface area contributed by atoms with Crippen molar-refractivity contribution in [2.75, 3.05) is 0 Å². The van der Waals surface area contributed by atoms with Crippen LogP contribution in [-0.4, -0.2) is 10.1 Å². The molecule has 90 valence electrons. The van der Waals surface area contributed by atoms with Gasteiger partial charge < -0.3 is 9.26 Å². The number of rotatable bonds is 3. The minimum absolute atomic E-state index is 0.167. The van der Waals surface area contributed by atoms with Gasteiger partial charge in [-0.15, -0.1) is 11.3 Å². The van der Waals surface area contributed by atoms with E-state index < -0.39 is 0 Å². The van der Waals surface area contributed by atoms with Crippen LogP contribution in [0.3, 0.4) is 0 Å². The summed E-state index contributed by atoms with van der Waals surface area (Å²) in [7, 11) is 0. The van der Waals surface area contributed by atoms with Crippen LogP contribution in [0.15, 0.2) is 46.3 Å². The molecule has 0 fully saturated rings. The molecule has 3 rings (SSSR count). The van der Waals surface area contributed by atoms with Crippen LogP contribution < -0.4 is 4.74 Å². The molecule has 0 aliphatic rings. The third-order valence-corrected chi connectivity index (χ3v) is 3.50. The summed E-state index contributed by atoms with van der Waals surface area (Å²) in [6, 6.07) is 11.2. The van der Waals surface area contributed by atoms with Crippen LogP contribution in [-0.2, 0) is 0 Å². The van der Waals surface area contributed by atoms with Gasteiger partial charge in [0.15, 0.2) is 0 Å². The first kappa shape index (κ1) is 11.3. The number of ether oxygens (including phenoxy) is 1. The summed E-state index contributed by atoms with van der Waals surface area (Å²) >= 11 is 7.42. The van der Waals surface area contributed by atoms with Crippen LogP contribution >= 0.6 is 22.9 Å². The Morgan fingerprint density at radius 2 is 2.00 bits per heavy atom. The maximum Gasteiger partial charge on any atom is 0.360 e. The fourth-order valence-corrected chi connectivity index (χ4v) is 2.44. The molecule has 0 aliphatic carbocycles. The Balaban J connectivity index is 1.84. The van der Waals surface area contributed by atoms with Gasteiger partial charge in [-0.2, -0.15) is 4.98 Å². The van der Waals surface area contributed by atoms with E-state index in [2.05, 4.69) is 10.1 Å². The quantitative estimate of drug-likeness (QED) is 0.719. The second-order valence-electron chi connectivity index (χ2n) is 3.39. The number of thiophene rings is 1. The maximum absolute atomic E-state index is 5.99. The van der Waals surface area contributed by atoms with Crippen molar-refractivity contribution >= 4 is 22.9 Å². The average molecular weight is 279 g/mol. The van der Waals surface area contributed by atoms with Gasteiger partial charge in [-0.1, -0.05) is 29.8 Å². The summed E-state index contributed by atoms with van der Waals surface area (Å²) in [6.45, 7) is 0. The van der Waals surface area contributed by atoms with Gasteiger partial charge in [-0.25, -0.2) is 0 Å². The van der Waals surface area contributed by atoms with Crippen molar-refractivity contribution < 1.29 is 9.26 Å². The third kappa shape index (κ3) is 2.23. The van der Waals surface area contributed by atoms with E-state index >= 15 is 0 Å². The van der Waals surface area contributed by atoms with Gasteiger partial charge >= 0.3 is 6.01 Å². The summed E-state index contributed by atoms with van der Waals surface area (Å²) in [6.07, 6.45) is 0. The molecule has 0 bridgehead atoms. The second kappa shape index (κ2) is 4.80. The van der Waals surface area contributed by atoms with E-state index in [1.165, 1.54) is 11.3 Å². The first-order chi connectivity index (χ1) is 8.83. The molecule has 0 N–H and O–H groups in total. The summed E-state index contributed by atoms with van der Waals surface area (Å²) in [4.78, 5) is 4.88. The highest BCUT2D eigenvalue weighted by Crippen LogP contribution is 2.33. The molecule has 6 heteroatoms. The Kier molecular flexibility index (Phi) is 3.00. The fourth-order valence-electron chi connectivity index (χ4n) is 1.38. The van der Waals surface area contributed by atoms with Crippen molar-refractivity contribution in [1.82, 2.24) is 10.1 Å². The van der Waals surface area contributed by atoms with E-state index in [4.69, 9.17) is 20.9 Å². The molecule has 0 saturated heterocycles. The van der Waals surface area contributed by atoms with Gasteiger partial charge in [-0.05, 0) is 28.7 Å². The van der Waals surface area contributed by atoms with Gasteiger partial charge in [0.1, 0.15) is 10.6 Å². The molecule has 0 spiro atoms. The summed E-state index contributed by atoms with van der Waals surface area (Å²) in [5.41, 5.74) is 0. The molecule has 2 aromatic heterocycles. The van der Waals surface area contributed by atoms with Crippen LogP contribution in [0.25, 0.3) is 10.8 Å². The number of hydrogen-bond donors (Lipinski definition) is 0. The number of hydrogen-bond acceptors (Lipinski definition) is 5. The Morgan fingerprint density at radius 1 is 1.17 bits per heavy atom. The van der Waals surface area contributed by atoms with Gasteiger partial charge in [-0.3, -0.25) is 0 Å². The maximum atomic E-state index is 5.99. The van der Waals surface area contributed by atoms with Gasteiger partial charge in [0.05, 0.1) is 5.02 Å². The standard InChI is InChI=1S/C12H7ClN2O2S/c13-9-6-7-18-10(9)11-14-12(15-17-11)16-8-4-2-1-3-5-8/h1-7H. The van der Waals surface area contributed by atoms with Gasteiger partial charge in [0, 0.05) is 0 Å². The molecule has 0 unspecified atom stereocenters. The normalized spacial score (nSPS) is 10.5. The van der Waals surface area contributed by atoms with Crippen molar-refractivity contribution in [3.8, 4) is 22.5 Å². The number of nitrogens with zero attached hydrogens (tertiary/aromatic N) is 2. The average Bonchev–Trinajstić information content (AvgIpc) is 2.99. The molecule has 1 aromatic carbocycles. The first-order valence-electron chi connectivity index (χ1n) is 5.13. The van der Waals surface area contributed by atoms with Crippen LogP contribution in [0.2, 0.25) is 5.02 Å². The zero-order chi connectivity index (χ0) is 12.4. The molecule has 3 aromatic rings. The summed E-state index contributed by atoms with van der Waals surface area (Å²) in [5.74, 6) is 1.02. The predicted octanol–water partition coefficient (Wildman–Crippen LogP) is 4.24. The third-order valence-electron chi connectivity index (χ3n) is 2.17. The lowest BCUT2D eigenvalue weighted by Crippen LogP contribution is -1.85. The summed E-state index contributed by atoms with van der Waals surface area (Å²) in [5, 5.41) is 6.20. The molecule has 0 amide bonds. The molecular formula is C12H7ClN2O2S. The van der Waals surface area contributed by atoms with Crippen LogP contribution in [0.4, 0.5) is 0 Å². The molecular weight excluding hydrogens is 272 g/mol. The van der Waals surface area contributed by atoms with Gasteiger partial charge in [0.2, 0.25) is 0 Å². The Labute approximate surface area is 112 Å².